The van der Waals surface area contributed by atoms with E-state index in [-0.39, 0.29) is 18.0 Å². The number of thiophene rings is 1. The van der Waals surface area contributed by atoms with Crippen molar-refractivity contribution in [3.63, 3.8) is 0 Å². The predicted octanol–water partition coefficient (Wildman–Crippen LogP) is 3.92. The summed E-state index contributed by atoms with van der Waals surface area (Å²) in [7, 11) is 0. The molecule has 1 amide bonds. The Morgan fingerprint density at radius 1 is 1.24 bits per heavy atom. The summed E-state index contributed by atoms with van der Waals surface area (Å²) >= 11 is 3.05. The molecule has 0 fully saturated rings. The van der Waals surface area contributed by atoms with Crippen LogP contribution in [-0.2, 0) is 4.79 Å². The number of benzene rings is 1. The molecule has 7 heteroatoms. The molecular formula is C18H20N4OS2. The minimum absolute atomic E-state index is 0.0226. The number of nitrogens with one attached hydrogen (secondary N) is 1. The largest absolute Gasteiger partial charge is 0.344 e. The summed E-state index contributed by atoms with van der Waals surface area (Å²) in [4.78, 5) is 13.6. The maximum atomic E-state index is 12.5. The van der Waals surface area contributed by atoms with Crippen molar-refractivity contribution in [3.8, 4) is 0 Å². The molecule has 1 atom stereocenters. The van der Waals surface area contributed by atoms with Crippen molar-refractivity contribution < 1.29 is 4.79 Å². The summed E-state index contributed by atoms with van der Waals surface area (Å²) in [6.45, 7) is 4.13. The summed E-state index contributed by atoms with van der Waals surface area (Å²) in [5.74, 6) is 0.283. The first-order valence-electron chi connectivity index (χ1n) is 8.05. The Kier molecular flexibility index (Phi) is 5.88. The Bertz CT molecular complexity index is 800. The van der Waals surface area contributed by atoms with E-state index in [0.717, 1.165) is 15.6 Å². The van der Waals surface area contributed by atoms with Gasteiger partial charge in [0.2, 0.25) is 5.91 Å². The van der Waals surface area contributed by atoms with Gasteiger partial charge >= 0.3 is 0 Å². The molecule has 5 nitrogen and oxygen atoms in total. The van der Waals surface area contributed by atoms with Crippen molar-refractivity contribution in [1.29, 1.82) is 0 Å². The van der Waals surface area contributed by atoms with E-state index in [4.69, 9.17) is 0 Å². The summed E-state index contributed by atoms with van der Waals surface area (Å²) in [5.41, 5.74) is 1.08. The van der Waals surface area contributed by atoms with Crippen LogP contribution in [0.15, 0.2) is 59.3 Å². The van der Waals surface area contributed by atoms with Crippen LogP contribution in [0.1, 0.15) is 36.4 Å². The zero-order valence-electron chi connectivity index (χ0n) is 14.1. The molecule has 0 aliphatic heterocycles. The maximum Gasteiger partial charge on any atom is 0.231 e. The zero-order chi connectivity index (χ0) is 17.6. The highest BCUT2D eigenvalue weighted by atomic mass is 32.2. The van der Waals surface area contributed by atoms with Gasteiger partial charge in [0.25, 0.3) is 0 Å². The average molecular weight is 373 g/mol. The van der Waals surface area contributed by atoms with E-state index in [0.29, 0.717) is 5.75 Å². The molecule has 25 heavy (non-hydrogen) atoms. The number of aromatic nitrogens is 3. The van der Waals surface area contributed by atoms with Gasteiger partial charge in [-0.25, -0.2) is 0 Å². The number of thioether (sulfide) groups is 1. The average Bonchev–Trinajstić information content (AvgIpc) is 3.30. The second-order valence-electron chi connectivity index (χ2n) is 5.83. The molecule has 0 bridgehead atoms. The molecule has 130 valence electrons. The topological polar surface area (TPSA) is 59.8 Å². The number of hydrogen-bond acceptors (Lipinski definition) is 5. The van der Waals surface area contributed by atoms with Crippen LogP contribution in [0.5, 0.6) is 0 Å². The minimum atomic E-state index is -0.128. The number of nitrogens with zero attached hydrogens (tertiary/aromatic N) is 3. The smallest absolute Gasteiger partial charge is 0.231 e. The standard InChI is InChI=1S/C18H20N4OS2/c1-13(2)22-12-19-21-18(22)25-11-16(23)20-17(15-9-6-10-24-15)14-7-4-3-5-8-14/h3-10,12-13,17H,11H2,1-2H3,(H,20,23)/t17-/m0/s1. The highest BCUT2D eigenvalue weighted by Crippen LogP contribution is 2.26. The van der Waals surface area contributed by atoms with Gasteiger partial charge in [-0.15, -0.1) is 21.5 Å². The number of carbonyl (C=O) groups excluding carboxylic acids is 1. The SMILES string of the molecule is CC(C)n1cnnc1SCC(=O)N[C@@H](c1ccccc1)c1cccs1. The van der Waals surface area contributed by atoms with Crippen LogP contribution in [-0.4, -0.2) is 26.4 Å². The Morgan fingerprint density at radius 2 is 2.04 bits per heavy atom. The van der Waals surface area contributed by atoms with Crippen LogP contribution in [0.4, 0.5) is 0 Å². The molecule has 2 aromatic heterocycles. The molecule has 0 unspecified atom stereocenters. The molecule has 3 aromatic rings. The first kappa shape index (κ1) is 17.7. The molecule has 3 rings (SSSR count). The van der Waals surface area contributed by atoms with Crippen LogP contribution >= 0.6 is 23.1 Å². The Hall–Kier alpha value is -2.12. The van der Waals surface area contributed by atoms with Crippen molar-refractivity contribution in [3.05, 3.63) is 64.6 Å². The monoisotopic (exact) mass is 372 g/mol. The van der Waals surface area contributed by atoms with E-state index < -0.39 is 0 Å². The van der Waals surface area contributed by atoms with E-state index in [1.807, 2.05) is 52.4 Å². The third-order valence-corrected chi connectivity index (χ3v) is 5.59. The number of hydrogen-bond donors (Lipinski definition) is 1. The van der Waals surface area contributed by atoms with Gasteiger partial charge in [0.1, 0.15) is 6.33 Å². The fourth-order valence-corrected chi connectivity index (χ4v) is 4.10. The van der Waals surface area contributed by atoms with Crippen LogP contribution in [0, 0.1) is 0 Å². The minimum Gasteiger partial charge on any atom is -0.344 e. The van der Waals surface area contributed by atoms with Gasteiger partial charge in [0.15, 0.2) is 5.16 Å². The maximum absolute atomic E-state index is 12.5. The van der Waals surface area contributed by atoms with E-state index in [1.54, 1.807) is 17.7 Å². The van der Waals surface area contributed by atoms with E-state index in [9.17, 15) is 4.79 Å². The van der Waals surface area contributed by atoms with Gasteiger partial charge < -0.3 is 9.88 Å². The Morgan fingerprint density at radius 3 is 2.72 bits per heavy atom. The molecule has 2 heterocycles. The third-order valence-electron chi connectivity index (χ3n) is 3.69. The van der Waals surface area contributed by atoms with Crippen LogP contribution < -0.4 is 5.32 Å². The summed E-state index contributed by atoms with van der Waals surface area (Å²) in [6.07, 6.45) is 1.70. The fraction of sp³-hybridized carbons (Fsp3) is 0.278. The lowest BCUT2D eigenvalue weighted by atomic mass is 10.1. The van der Waals surface area contributed by atoms with Gasteiger partial charge in [-0.3, -0.25) is 4.79 Å². The number of carbonyl (C=O) groups is 1. The highest BCUT2D eigenvalue weighted by Gasteiger charge is 2.18. The normalized spacial score (nSPS) is 12.3. The van der Waals surface area contributed by atoms with Gasteiger partial charge in [0, 0.05) is 10.9 Å². The molecule has 0 saturated carbocycles. The van der Waals surface area contributed by atoms with Crippen molar-refractivity contribution in [1.82, 2.24) is 20.1 Å². The van der Waals surface area contributed by atoms with E-state index in [2.05, 4.69) is 29.4 Å². The molecule has 0 radical (unpaired) electrons. The van der Waals surface area contributed by atoms with Gasteiger partial charge in [-0.05, 0) is 30.9 Å². The quantitative estimate of drug-likeness (QED) is 0.639. The van der Waals surface area contributed by atoms with Crippen molar-refractivity contribution in [2.45, 2.75) is 31.1 Å². The molecule has 0 saturated heterocycles. The summed E-state index contributed by atoms with van der Waals surface area (Å²) < 4.78 is 1.96. The highest BCUT2D eigenvalue weighted by molar-refractivity contribution is 7.99. The molecule has 1 aromatic carbocycles. The Labute approximate surface area is 155 Å². The van der Waals surface area contributed by atoms with E-state index in [1.165, 1.54) is 11.8 Å². The lowest BCUT2D eigenvalue weighted by Gasteiger charge is -2.18. The first-order valence-corrected chi connectivity index (χ1v) is 9.91. The van der Waals surface area contributed by atoms with Crippen LogP contribution in [0.2, 0.25) is 0 Å². The Balaban J connectivity index is 1.68. The molecule has 1 N–H and O–H groups in total. The molecule has 0 aliphatic rings. The van der Waals surface area contributed by atoms with Crippen molar-refractivity contribution in [2.75, 3.05) is 5.75 Å². The predicted molar refractivity (Wildman–Crippen MR) is 102 cm³/mol. The number of rotatable bonds is 7. The van der Waals surface area contributed by atoms with Gasteiger partial charge in [-0.2, -0.15) is 0 Å². The second kappa shape index (κ2) is 8.31. The van der Waals surface area contributed by atoms with Gasteiger partial charge in [-0.1, -0.05) is 48.2 Å². The zero-order valence-corrected chi connectivity index (χ0v) is 15.8. The van der Waals surface area contributed by atoms with Crippen molar-refractivity contribution >= 4 is 29.0 Å². The number of amides is 1. The van der Waals surface area contributed by atoms with Crippen molar-refractivity contribution in [2.24, 2.45) is 0 Å². The molecule has 0 spiro atoms. The first-order chi connectivity index (χ1) is 12.1. The summed E-state index contributed by atoms with van der Waals surface area (Å²) in [5, 5.41) is 14.0. The lowest BCUT2D eigenvalue weighted by Crippen LogP contribution is -2.30. The molecular weight excluding hydrogens is 352 g/mol. The second-order valence-corrected chi connectivity index (χ2v) is 7.75. The fourth-order valence-electron chi connectivity index (χ4n) is 2.44. The summed E-state index contributed by atoms with van der Waals surface area (Å²) in [6, 6.07) is 14.2. The van der Waals surface area contributed by atoms with E-state index >= 15 is 0 Å². The third kappa shape index (κ3) is 4.49. The molecule has 0 aliphatic carbocycles. The lowest BCUT2D eigenvalue weighted by molar-refractivity contribution is -0.119. The van der Waals surface area contributed by atoms with Crippen LogP contribution in [0.3, 0.4) is 0 Å². The van der Waals surface area contributed by atoms with Gasteiger partial charge in [0.05, 0.1) is 11.8 Å². The van der Waals surface area contributed by atoms with Crippen LogP contribution in [0.25, 0.3) is 0 Å².